The molecule has 4 rings (SSSR count). The van der Waals surface area contributed by atoms with Crippen LogP contribution in [0.25, 0.3) is 5.78 Å². The number of rotatable bonds is 7. The smallest absolute Gasteiger partial charge is 0.302 e. The molecule has 0 bridgehead atoms. The van der Waals surface area contributed by atoms with E-state index in [2.05, 4.69) is 10.3 Å². The van der Waals surface area contributed by atoms with Gasteiger partial charge in [-0.15, -0.1) is 0 Å². The molecule has 2 amide bonds. The standard InChI is InChI=1S/C24H29N5O8S.C2H6/c1-14-4-3-7-27(10-14)19(32)12-28-11-16(13-38(2,36)37)29-23(35)21(33)20(26-24(28)29)22(34)25-9-15-5-6-17(30)18(31)8-15;1-2/h5-6,8,11,14,30-31,33H,3-4,7,9-10,12-13H2,1-2H3,(H,25,34);1-2H3. The summed E-state index contributed by atoms with van der Waals surface area (Å²) in [6.07, 6.45) is 4.16. The van der Waals surface area contributed by atoms with E-state index in [1.807, 2.05) is 20.8 Å². The van der Waals surface area contributed by atoms with Crippen LogP contribution in [0.4, 0.5) is 0 Å². The summed E-state index contributed by atoms with van der Waals surface area (Å²) < 4.78 is 26.2. The van der Waals surface area contributed by atoms with Crippen molar-refractivity contribution in [2.45, 2.75) is 52.5 Å². The molecule has 40 heavy (non-hydrogen) atoms. The van der Waals surface area contributed by atoms with Crippen LogP contribution < -0.4 is 10.9 Å². The number of aromatic nitrogens is 3. The molecule has 0 radical (unpaired) electrons. The second kappa shape index (κ2) is 12.4. The normalized spacial score (nSPS) is 15.4. The number of carbonyl (C=O) groups excluding carboxylic acids is 2. The van der Waals surface area contributed by atoms with Gasteiger partial charge in [0.1, 0.15) is 6.54 Å². The number of carbonyl (C=O) groups is 2. The predicted molar refractivity (Wildman–Crippen MR) is 147 cm³/mol. The highest BCUT2D eigenvalue weighted by atomic mass is 32.2. The molecule has 1 aliphatic rings. The van der Waals surface area contributed by atoms with Gasteiger partial charge in [0, 0.05) is 32.1 Å². The Kier molecular flexibility index (Phi) is 9.45. The minimum absolute atomic E-state index is 0.0124. The first-order valence-corrected chi connectivity index (χ1v) is 15.0. The lowest BCUT2D eigenvalue weighted by atomic mass is 10.0. The van der Waals surface area contributed by atoms with Gasteiger partial charge in [-0.2, -0.15) is 0 Å². The van der Waals surface area contributed by atoms with Crippen molar-refractivity contribution >= 4 is 27.4 Å². The molecule has 1 atom stereocenters. The third kappa shape index (κ3) is 6.92. The van der Waals surface area contributed by atoms with Gasteiger partial charge in [-0.1, -0.05) is 26.8 Å². The number of piperidine rings is 1. The third-order valence-electron chi connectivity index (χ3n) is 6.32. The van der Waals surface area contributed by atoms with E-state index in [1.165, 1.54) is 29.0 Å². The Morgan fingerprint density at radius 1 is 1.15 bits per heavy atom. The van der Waals surface area contributed by atoms with Crippen molar-refractivity contribution in [3.05, 3.63) is 51.7 Å². The van der Waals surface area contributed by atoms with Crippen LogP contribution >= 0.6 is 0 Å². The number of imidazole rings is 1. The van der Waals surface area contributed by atoms with Gasteiger partial charge in [-0.3, -0.25) is 14.4 Å². The van der Waals surface area contributed by atoms with Gasteiger partial charge >= 0.3 is 5.56 Å². The quantitative estimate of drug-likeness (QED) is 0.301. The Morgan fingerprint density at radius 3 is 2.48 bits per heavy atom. The lowest BCUT2D eigenvalue weighted by Gasteiger charge is -2.31. The van der Waals surface area contributed by atoms with Crippen molar-refractivity contribution in [1.82, 2.24) is 24.2 Å². The number of hydrogen-bond donors (Lipinski definition) is 4. The van der Waals surface area contributed by atoms with Crippen LogP contribution in [-0.2, 0) is 33.5 Å². The van der Waals surface area contributed by atoms with Gasteiger partial charge in [-0.25, -0.2) is 17.8 Å². The van der Waals surface area contributed by atoms with Gasteiger partial charge in [0.05, 0.1) is 11.4 Å². The molecule has 2 aromatic heterocycles. The molecule has 218 valence electrons. The fraction of sp³-hybridized carbons (Fsp3) is 0.462. The predicted octanol–water partition coefficient (Wildman–Crippen LogP) is 1.37. The second-order valence-electron chi connectivity index (χ2n) is 9.66. The lowest BCUT2D eigenvalue weighted by Crippen LogP contribution is -2.40. The number of hydrogen-bond acceptors (Lipinski definition) is 9. The van der Waals surface area contributed by atoms with Crippen molar-refractivity contribution < 1.29 is 33.3 Å². The van der Waals surface area contributed by atoms with E-state index >= 15 is 0 Å². The fourth-order valence-electron chi connectivity index (χ4n) is 4.50. The fourth-order valence-corrected chi connectivity index (χ4v) is 5.24. The Bertz CT molecular complexity index is 1580. The largest absolute Gasteiger partial charge is 0.504 e. The Labute approximate surface area is 231 Å². The number of fused-ring (bicyclic) bond motifs is 1. The van der Waals surface area contributed by atoms with Crippen molar-refractivity contribution in [1.29, 1.82) is 0 Å². The highest BCUT2D eigenvalue weighted by Crippen LogP contribution is 2.25. The van der Waals surface area contributed by atoms with E-state index in [9.17, 15) is 38.1 Å². The molecule has 1 saturated heterocycles. The Hall–Kier alpha value is -4.07. The first kappa shape index (κ1) is 30.5. The van der Waals surface area contributed by atoms with Crippen LogP contribution in [0, 0.1) is 5.92 Å². The van der Waals surface area contributed by atoms with E-state index in [0.29, 0.717) is 24.6 Å². The van der Waals surface area contributed by atoms with Crippen molar-refractivity contribution in [2.24, 2.45) is 5.92 Å². The molecule has 3 aromatic rings. The summed E-state index contributed by atoms with van der Waals surface area (Å²) in [4.78, 5) is 44.8. The molecular weight excluding hydrogens is 542 g/mol. The summed E-state index contributed by atoms with van der Waals surface area (Å²) in [6, 6.07) is 3.92. The number of phenols is 2. The maximum absolute atomic E-state index is 13.1. The molecule has 1 aromatic carbocycles. The molecule has 0 spiro atoms. The number of likely N-dealkylation sites (tertiary alicyclic amines) is 1. The SMILES string of the molecule is CC.CC1CCCN(C(=O)Cn2cc(CS(C)(=O)=O)n3c(=O)c(O)c(C(=O)NCc4ccc(O)c(O)c4)nc23)C1. The maximum Gasteiger partial charge on any atom is 0.302 e. The van der Waals surface area contributed by atoms with E-state index in [-0.39, 0.29) is 42.0 Å². The number of nitrogens with one attached hydrogen (secondary N) is 1. The zero-order valence-corrected chi connectivity index (χ0v) is 23.7. The number of sulfone groups is 1. The van der Waals surface area contributed by atoms with E-state index in [0.717, 1.165) is 23.5 Å². The molecule has 0 saturated carbocycles. The average Bonchev–Trinajstić information content (AvgIpc) is 3.22. The van der Waals surface area contributed by atoms with Gasteiger partial charge < -0.3 is 30.1 Å². The number of amides is 2. The molecule has 1 unspecified atom stereocenters. The number of aromatic hydroxyl groups is 3. The first-order chi connectivity index (χ1) is 18.8. The summed E-state index contributed by atoms with van der Waals surface area (Å²) >= 11 is 0. The first-order valence-electron chi connectivity index (χ1n) is 12.9. The zero-order valence-electron chi connectivity index (χ0n) is 22.9. The summed E-state index contributed by atoms with van der Waals surface area (Å²) in [7, 11) is -3.61. The minimum Gasteiger partial charge on any atom is -0.504 e. The Balaban J connectivity index is 0.00000216. The van der Waals surface area contributed by atoms with Crippen LogP contribution in [0.5, 0.6) is 17.2 Å². The third-order valence-corrected chi connectivity index (χ3v) is 7.14. The number of phenolic OH excluding ortho intramolecular Hbond substituents is 2. The van der Waals surface area contributed by atoms with Crippen LogP contribution in [-0.4, -0.2) is 73.7 Å². The van der Waals surface area contributed by atoms with Gasteiger partial charge in [-0.05, 0) is 36.5 Å². The molecular formula is C26H35N5O8S. The van der Waals surface area contributed by atoms with E-state index in [1.54, 1.807) is 4.90 Å². The van der Waals surface area contributed by atoms with Crippen LogP contribution in [0.3, 0.4) is 0 Å². The minimum atomic E-state index is -3.61. The van der Waals surface area contributed by atoms with Crippen molar-refractivity contribution in [2.75, 3.05) is 19.3 Å². The molecule has 3 heterocycles. The number of benzene rings is 1. The summed E-state index contributed by atoms with van der Waals surface area (Å²) in [5.74, 6) is -3.27. The van der Waals surface area contributed by atoms with Gasteiger partial charge in [0.2, 0.25) is 17.4 Å². The second-order valence-corrected chi connectivity index (χ2v) is 11.8. The zero-order chi connectivity index (χ0) is 29.8. The molecule has 14 heteroatoms. The maximum atomic E-state index is 13.1. The molecule has 1 fully saturated rings. The van der Waals surface area contributed by atoms with Gasteiger partial charge in [0.15, 0.2) is 27.0 Å². The average molecular weight is 578 g/mol. The molecule has 0 aliphatic carbocycles. The van der Waals surface area contributed by atoms with E-state index in [4.69, 9.17) is 0 Å². The van der Waals surface area contributed by atoms with Crippen molar-refractivity contribution in [3.63, 3.8) is 0 Å². The summed E-state index contributed by atoms with van der Waals surface area (Å²) in [5, 5.41) is 32.1. The number of nitrogens with zero attached hydrogens (tertiary/aromatic N) is 4. The monoisotopic (exact) mass is 577 g/mol. The highest BCUT2D eigenvalue weighted by molar-refractivity contribution is 7.89. The lowest BCUT2D eigenvalue weighted by molar-refractivity contribution is -0.133. The van der Waals surface area contributed by atoms with Crippen LogP contribution in [0.15, 0.2) is 29.2 Å². The van der Waals surface area contributed by atoms with E-state index < -0.39 is 38.5 Å². The molecule has 1 aliphatic heterocycles. The summed E-state index contributed by atoms with van der Waals surface area (Å²) in [5.41, 5.74) is -1.26. The van der Waals surface area contributed by atoms with Crippen LogP contribution in [0.1, 0.15) is 55.4 Å². The molecule has 4 N–H and O–H groups in total. The topological polar surface area (TPSA) is 184 Å². The highest BCUT2D eigenvalue weighted by Gasteiger charge is 2.26. The summed E-state index contributed by atoms with van der Waals surface area (Å²) in [6.45, 7) is 6.82. The van der Waals surface area contributed by atoms with Crippen LogP contribution in [0.2, 0.25) is 0 Å². The van der Waals surface area contributed by atoms with Crippen molar-refractivity contribution in [3.8, 4) is 17.2 Å². The molecule has 13 nitrogen and oxygen atoms in total. The van der Waals surface area contributed by atoms with Gasteiger partial charge in [0.25, 0.3) is 5.91 Å². The Morgan fingerprint density at radius 2 is 1.85 bits per heavy atom.